The minimum atomic E-state index is -1.39. The molecule has 20 heavy (non-hydrogen) atoms. The summed E-state index contributed by atoms with van der Waals surface area (Å²) in [5, 5.41) is 19.8. The quantitative estimate of drug-likeness (QED) is 0.714. The number of nitrogens with one attached hydrogen (secondary N) is 1. The lowest BCUT2D eigenvalue weighted by molar-refractivity contribution is -0.145. The Morgan fingerprint density at radius 1 is 1.30 bits per heavy atom. The SMILES string of the molecule is CC(C)(C)C1CCN(C(=O)N[C@H](CC(=O)O)C(=O)O)C1. The van der Waals surface area contributed by atoms with Gasteiger partial charge in [-0.1, -0.05) is 20.8 Å². The van der Waals surface area contributed by atoms with Gasteiger partial charge in [0.05, 0.1) is 6.42 Å². The molecule has 1 saturated heterocycles. The zero-order valence-electron chi connectivity index (χ0n) is 12.0. The van der Waals surface area contributed by atoms with E-state index in [0.29, 0.717) is 19.0 Å². The summed E-state index contributed by atoms with van der Waals surface area (Å²) in [5.41, 5.74) is 0.0856. The molecule has 0 saturated carbocycles. The van der Waals surface area contributed by atoms with Gasteiger partial charge in [0, 0.05) is 13.1 Å². The van der Waals surface area contributed by atoms with Crippen LogP contribution >= 0.6 is 0 Å². The molecule has 7 nitrogen and oxygen atoms in total. The number of carboxylic acids is 2. The van der Waals surface area contributed by atoms with Crippen molar-refractivity contribution in [3.8, 4) is 0 Å². The second kappa shape index (κ2) is 6.11. The average molecular weight is 286 g/mol. The van der Waals surface area contributed by atoms with Crippen molar-refractivity contribution in [1.29, 1.82) is 0 Å². The highest BCUT2D eigenvalue weighted by Gasteiger charge is 2.35. The van der Waals surface area contributed by atoms with Gasteiger partial charge in [-0.2, -0.15) is 0 Å². The highest BCUT2D eigenvalue weighted by Crippen LogP contribution is 2.33. The predicted molar refractivity (Wildman–Crippen MR) is 71.3 cm³/mol. The van der Waals surface area contributed by atoms with Crippen molar-refractivity contribution in [3.05, 3.63) is 0 Å². The van der Waals surface area contributed by atoms with Crippen molar-refractivity contribution in [3.63, 3.8) is 0 Å². The summed E-state index contributed by atoms with van der Waals surface area (Å²) >= 11 is 0. The molecular formula is C13H22N2O5. The van der Waals surface area contributed by atoms with Crippen LogP contribution in [0.25, 0.3) is 0 Å². The van der Waals surface area contributed by atoms with E-state index in [1.54, 1.807) is 4.90 Å². The Labute approximate surface area is 117 Å². The lowest BCUT2D eigenvalue weighted by atomic mass is 9.80. The van der Waals surface area contributed by atoms with Crippen LogP contribution in [-0.4, -0.2) is 52.2 Å². The van der Waals surface area contributed by atoms with Crippen LogP contribution in [0, 0.1) is 11.3 Å². The molecule has 0 bridgehead atoms. The number of amides is 2. The van der Waals surface area contributed by atoms with Crippen LogP contribution < -0.4 is 5.32 Å². The molecule has 114 valence electrons. The van der Waals surface area contributed by atoms with E-state index in [1.165, 1.54) is 0 Å². The lowest BCUT2D eigenvalue weighted by Gasteiger charge is -2.27. The lowest BCUT2D eigenvalue weighted by Crippen LogP contribution is -2.48. The van der Waals surface area contributed by atoms with E-state index in [-0.39, 0.29) is 5.41 Å². The molecule has 0 radical (unpaired) electrons. The third kappa shape index (κ3) is 4.40. The Morgan fingerprint density at radius 3 is 2.30 bits per heavy atom. The topological polar surface area (TPSA) is 107 Å². The maximum absolute atomic E-state index is 12.0. The van der Waals surface area contributed by atoms with Crippen molar-refractivity contribution in [2.45, 2.75) is 39.7 Å². The fraction of sp³-hybridized carbons (Fsp3) is 0.769. The molecule has 0 aromatic rings. The van der Waals surface area contributed by atoms with Gasteiger partial charge < -0.3 is 20.4 Å². The van der Waals surface area contributed by atoms with Crippen molar-refractivity contribution in [1.82, 2.24) is 10.2 Å². The van der Waals surface area contributed by atoms with Gasteiger partial charge in [-0.25, -0.2) is 9.59 Å². The number of carboxylic acid groups (broad SMARTS) is 2. The Bertz CT molecular complexity index is 402. The Hall–Kier alpha value is -1.79. The summed E-state index contributed by atoms with van der Waals surface area (Å²) in [4.78, 5) is 35.0. The smallest absolute Gasteiger partial charge is 0.326 e. The van der Waals surface area contributed by atoms with Crippen molar-refractivity contribution >= 4 is 18.0 Å². The van der Waals surface area contributed by atoms with Crippen LogP contribution in [0.1, 0.15) is 33.6 Å². The van der Waals surface area contributed by atoms with Crippen molar-refractivity contribution in [2.24, 2.45) is 11.3 Å². The van der Waals surface area contributed by atoms with E-state index < -0.39 is 30.4 Å². The number of carbonyl (C=O) groups is 3. The molecule has 1 unspecified atom stereocenters. The molecule has 0 aliphatic carbocycles. The maximum Gasteiger partial charge on any atom is 0.326 e. The predicted octanol–water partition coefficient (Wildman–Crippen LogP) is 0.992. The highest BCUT2D eigenvalue weighted by atomic mass is 16.4. The van der Waals surface area contributed by atoms with Gasteiger partial charge in [-0.05, 0) is 17.8 Å². The van der Waals surface area contributed by atoms with E-state index in [9.17, 15) is 14.4 Å². The molecule has 2 atom stereocenters. The van der Waals surface area contributed by atoms with Gasteiger partial charge in [-0.3, -0.25) is 4.79 Å². The molecule has 1 rings (SSSR count). The fourth-order valence-corrected chi connectivity index (χ4v) is 2.27. The van der Waals surface area contributed by atoms with Crippen LogP contribution in [0.4, 0.5) is 4.79 Å². The normalized spacial score (nSPS) is 20.6. The van der Waals surface area contributed by atoms with E-state index in [0.717, 1.165) is 6.42 Å². The summed E-state index contributed by atoms with van der Waals surface area (Å²) in [6.07, 6.45) is 0.241. The van der Waals surface area contributed by atoms with Gasteiger partial charge in [0.2, 0.25) is 0 Å². The first kappa shape index (κ1) is 16.3. The summed E-state index contributed by atoms with van der Waals surface area (Å²) in [5.74, 6) is -2.24. The van der Waals surface area contributed by atoms with E-state index in [1.807, 2.05) is 0 Å². The zero-order chi connectivity index (χ0) is 15.5. The van der Waals surface area contributed by atoms with Gasteiger partial charge in [0.15, 0.2) is 0 Å². The summed E-state index contributed by atoms with van der Waals surface area (Å²) in [6.45, 7) is 7.43. The first-order valence-corrected chi connectivity index (χ1v) is 6.61. The molecule has 0 aromatic carbocycles. The second-order valence-corrected chi connectivity index (χ2v) is 6.24. The average Bonchev–Trinajstić information content (AvgIpc) is 2.75. The monoisotopic (exact) mass is 286 g/mol. The molecule has 0 spiro atoms. The Balaban J connectivity index is 2.58. The number of hydrogen-bond acceptors (Lipinski definition) is 3. The zero-order valence-corrected chi connectivity index (χ0v) is 12.0. The first-order chi connectivity index (χ1) is 9.11. The fourth-order valence-electron chi connectivity index (χ4n) is 2.27. The largest absolute Gasteiger partial charge is 0.481 e. The van der Waals surface area contributed by atoms with E-state index in [2.05, 4.69) is 26.1 Å². The Morgan fingerprint density at radius 2 is 1.90 bits per heavy atom. The van der Waals surface area contributed by atoms with Crippen LogP contribution in [0.3, 0.4) is 0 Å². The summed E-state index contributed by atoms with van der Waals surface area (Å²) < 4.78 is 0. The molecule has 2 amide bonds. The minimum Gasteiger partial charge on any atom is -0.481 e. The molecule has 7 heteroatoms. The molecule has 0 aromatic heterocycles. The minimum absolute atomic E-state index is 0.0856. The van der Waals surface area contributed by atoms with Gasteiger partial charge in [-0.15, -0.1) is 0 Å². The number of nitrogens with zero attached hydrogens (tertiary/aromatic N) is 1. The Kier molecular flexibility index (Phi) is 4.97. The summed E-state index contributed by atoms with van der Waals surface area (Å²) in [6, 6.07) is -1.90. The number of likely N-dealkylation sites (tertiary alicyclic amines) is 1. The molecule has 1 fully saturated rings. The third-order valence-corrected chi connectivity index (χ3v) is 3.67. The van der Waals surface area contributed by atoms with Crippen LogP contribution in [0.2, 0.25) is 0 Å². The molecule has 1 aliphatic heterocycles. The summed E-state index contributed by atoms with van der Waals surface area (Å²) in [7, 11) is 0. The first-order valence-electron chi connectivity index (χ1n) is 6.61. The van der Waals surface area contributed by atoms with Gasteiger partial charge in [0.25, 0.3) is 0 Å². The third-order valence-electron chi connectivity index (χ3n) is 3.67. The van der Waals surface area contributed by atoms with Crippen molar-refractivity contribution in [2.75, 3.05) is 13.1 Å². The number of hydrogen-bond donors (Lipinski definition) is 3. The molecule has 1 aliphatic rings. The number of urea groups is 1. The highest BCUT2D eigenvalue weighted by molar-refractivity contribution is 5.86. The molecule has 3 N–H and O–H groups in total. The van der Waals surface area contributed by atoms with Crippen LogP contribution in [0.5, 0.6) is 0 Å². The standard InChI is InChI=1S/C13H22N2O5/c1-13(2,3)8-4-5-15(7-8)12(20)14-9(11(18)19)6-10(16)17/h8-9H,4-7H2,1-3H3,(H,14,20)(H,16,17)(H,18,19)/t8?,9-/m1/s1. The number of aliphatic carboxylic acids is 2. The van der Waals surface area contributed by atoms with Gasteiger partial charge in [0.1, 0.15) is 6.04 Å². The van der Waals surface area contributed by atoms with Crippen LogP contribution in [-0.2, 0) is 9.59 Å². The molecule has 1 heterocycles. The molecular weight excluding hydrogens is 264 g/mol. The maximum atomic E-state index is 12.0. The number of carbonyl (C=O) groups excluding carboxylic acids is 1. The van der Waals surface area contributed by atoms with Crippen molar-refractivity contribution < 1.29 is 24.6 Å². The van der Waals surface area contributed by atoms with Gasteiger partial charge >= 0.3 is 18.0 Å². The number of rotatable bonds is 4. The second-order valence-electron chi connectivity index (χ2n) is 6.24. The van der Waals surface area contributed by atoms with E-state index in [4.69, 9.17) is 10.2 Å². The van der Waals surface area contributed by atoms with Crippen LogP contribution in [0.15, 0.2) is 0 Å². The van der Waals surface area contributed by atoms with E-state index >= 15 is 0 Å².